The highest BCUT2D eigenvalue weighted by molar-refractivity contribution is 5.13. The van der Waals surface area contributed by atoms with Gasteiger partial charge in [-0.25, -0.2) is 0 Å². The standard InChI is InChI=1S/C30H52O5/c1-16(2)27-25(34-28(4,5)35-27)12-17(3)26-24(33)15-21-19-14-23(32)22-13-18(31)8-10-29(22,6)20(19)9-11-30(21,26)7/h16-27,31-33H,8-15H2,1-7H3. The lowest BCUT2D eigenvalue weighted by atomic mass is 9.43. The maximum atomic E-state index is 11.5. The summed E-state index contributed by atoms with van der Waals surface area (Å²) in [5.74, 6) is 2.20. The van der Waals surface area contributed by atoms with Crippen molar-refractivity contribution in [2.24, 2.45) is 52.3 Å². The van der Waals surface area contributed by atoms with E-state index < -0.39 is 5.79 Å². The van der Waals surface area contributed by atoms with Crippen LogP contribution in [-0.2, 0) is 9.47 Å². The Morgan fingerprint density at radius 3 is 2.14 bits per heavy atom. The van der Waals surface area contributed by atoms with Crippen LogP contribution in [0.2, 0.25) is 0 Å². The van der Waals surface area contributed by atoms with Crippen LogP contribution < -0.4 is 0 Å². The lowest BCUT2D eigenvalue weighted by molar-refractivity contribution is -0.173. The van der Waals surface area contributed by atoms with Crippen molar-refractivity contribution in [3.8, 4) is 0 Å². The van der Waals surface area contributed by atoms with Gasteiger partial charge in [0.15, 0.2) is 5.79 Å². The smallest absolute Gasteiger partial charge is 0.163 e. The van der Waals surface area contributed by atoms with Crippen LogP contribution >= 0.6 is 0 Å². The fourth-order valence-corrected chi connectivity index (χ4v) is 10.5. The first kappa shape index (κ1) is 26.4. The summed E-state index contributed by atoms with van der Waals surface area (Å²) in [6.07, 6.45) is 6.90. The van der Waals surface area contributed by atoms with Gasteiger partial charge in [0.2, 0.25) is 0 Å². The zero-order valence-electron chi connectivity index (χ0n) is 23.2. The molecule has 5 nitrogen and oxygen atoms in total. The summed E-state index contributed by atoms with van der Waals surface area (Å²) in [6, 6.07) is 0. The average molecular weight is 493 g/mol. The zero-order valence-corrected chi connectivity index (χ0v) is 23.2. The van der Waals surface area contributed by atoms with Crippen molar-refractivity contribution in [1.82, 2.24) is 0 Å². The molecule has 0 aromatic heterocycles. The topological polar surface area (TPSA) is 79.2 Å². The molecule has 202 valence electrons. The molecule has 0 bridgehead atoms. The number of aliphatic hydroxyl groups excluding tert-OH is 3. The van der Waals surface area contributed by atoms with Gasteiger partial charge in [0, 0.05) is 0 Å². The molecule has 3 N–H and O–H groups in total. The van der Waals surface area contributed by atoms with Crippen LogP contribution in [0.1, 0.15) is 99.8 Å². The van der Waals surface area contributed by atoms with E-state index in [0.29, 0.717) is 29.6 Å². The van der Waals surface area contributed by atoms with E-state index in [2.05, 4.69) is 34.6 Å². The van der Waals surface area contributed by atoms with Crippen molar-refractivity contribution in [1.29, 1.82) is 0 Å². The number of hydrogen-bond acceptors (Lipinski definition) is 5. The molecule has 0 radical (unpaired) electrons. The third-order valence-electron chi connectivity index (χ3n) is 11.9. The molecule has 1 saturated heterocycles. The van der Waals surface area contributed by atoms with Gasteiger partial charge >= 0.3 is 0 Å². The molecule has 1 aliphatic heterocycles. The van der Waals surface area contributed by atoms with E-state index in [-0.39, 0.29) is 53.2 Å². The van der Waals surface area contributed by atoms with Crippen molar-refractivity contribution in [2.75, 3.05) is 0 Å². The predicted octanol–water partition coefficient (Wildman–Crippen LogP) is 5.15. The van der Waals surface area contributed by atoms with Crippen LogP contribution in [-0.4, -0.2) is 51.6 Å². The zero-order chi connectivity index (χ0) is 25.5. The van der Waals surface area contributed by atoms with Crippen molar-refractivity contribution < 1.29 is 24.8 Å². The summed E-state index contributed by atoms with van der Waals surface area (Å²) < 4.78 is 12.6. The lowest BCUT2D eigenvalue weighted by Gasteiger charge is -2.62. The third kappa shape index (κ3) is 4.24. The Kier molecular flexibility index (Phi) is 6.74. The summed E-state index contributed by atoms with van der Waals surface area (Å²) >= 11 is 0. The number of ether oxygens (including phenoxy) is 2. The summed E-state index contributed by atoms with van der Waals surface area (Å²) in [5, 5.41) is 33.2. The van der Waals surface area contributed by atoms with E-state index in [0.717, 1.165) is 44.9 Å². The Morgan fingerprint density at radius 1 is 0.771 bits per heavy atom. The third-order valence-corrected chi connectivity index (χ3v) is 11.9. The van der Waals surface area contributed by atoms with Crippen LogP contribution in [0, 0.1) is 52.3 Å². The minimum atomic E-state index is -0.546. The molecule has 13 atom stereocenters. The maximum Gasteiger partial charge on any atom is 0.163 e. The highest BCUT2D eigenvalue weighted by Crippen LogP contribution is 2.68. The van der Waals surface area contributed by atoms with Crippen molar-refractivity contribution in [3.63, 3.8) is 0 Å². The van der Waals surface area contributed by atoms with E-state index >= 15 is 0 Å². The SMILES string of the molecule is CC(C)C1OC(C)(C)OC1CC(C)C1C(O)CC2C3CC(O)C4CC(O)CCC4(C)C3CCC21C. The van der Waals surface area contributed by atoms with Gasteiger partial charge in [0.25, 0.3) is 0 Å². The lowest BCUT2D eigenvalue weighted by Crippen LogP contribution is -2.58. The quantitative estimate of drug-likeness (QED) is 0.506. The van der Waals surface area contributed by atoms with Gasteiger partial charge in [-0.05, 0) is 117 Å². The summed E-state index contributed by atoms with van der Waals surface area (Å²) in [6.45, 7) is 15.6. The van der Waals surface area contributed by atoms with Gasteiger partial charge in [-0.1, -0.05) is 34.6 Å². The predicted molar refractivity (Wildman–Crippen MR) is 136 cm³/mol. The maximum absolute atomic E-state index is 11.5. The Bertz CT molecular complexity index is 783. The Hall–Kier alpha value is -0.200. The molecule has 0 aromatic carbocycles. The van der Waals surface area contributed by atoms with Crippen LogP contribution in [0.15, 0.2) is 0 Å². The highest BCUT2D eigenvalue weighted by atomic mass is 16.8. The molecular formula is C30H52O5. The molecule has 5 rings (SSSR count). The van der Waals surface area contributed by atoms with Gasteiger partial charge in [0.05, 0.1) is 30.5 Å². The van der Waals surface area contributed by atoms with Gasteiger partial charge in [-0.3, -0.25) is 0 Å². The molecule has 13 unspecified atom stereocenters. The molecule has 0 amide bonds. The molecular weight excluding hydrogens is 440 g/mol. The number of rotatable bonds is 4. The van der Waals surface area contributed by atoms with Gasteiger partial charge in [-0.2, -0.15) is 0 Å². The molecule has 0 aromatic rings. The normalized spacial score (nSPS) is 54.3. The Labute approximate surface area is 213 Å². The molecule has 35 heavy (non-hydrogen) atoms. The number of fused-ring (bicyclic) bond motifs is 5. The first-order valence-corrected chi connectivity index (χ1v) is 14.7. The van der Waals surface area contributed by atoms with Gasteiger partial charge in [0.1, 0.15) is 0 Å². The molecule has 4 aliphatic carbocycles. The monoisotopic (exact) mass is 492 g/mol. The average Bonchev–Trinajstić information content (AvgIpc) is 3.21. The minimum absolute atomic E-state index is 0.0658. The molecule has 5 aliphatic rings. The van der Waals surface area contributed by atoms with Gasteiger partial charge in [-0.15, -0.1) is 0 Å². The summed E-state index contributed by atoms with van der Waals surface area (Å²) in [7, 11) is 0. The number of hydrogen-bond donors (Lipinski definition) is 3. The van der Waals surface area contributed by atoms with Crippen molar-refractivity contribution >= 4 is 0 Å². The van der Waals surface area contributed by atoms with E-state index in [4.69, 9.17) is 9.47 Å². The van der Waals surface area contributed by atoms with Crippen LogP contribution in [0.3, 0.4) is 0 Å². The Balaban J connectivity index is 1.36. The van der Waals surface area contributed by atoms with E-state index in [1.807, 2.05) is 13.8 Å². The second kappa shape index (κ2) is 8.93. The fraction of sp³-hybridized carbons (Fsp3) is 1.00. The summed E-state index contributed by atoms with van der Waals surface area (Å²) in [4.78, 5) is 0. The minimum Gasteiger partial charge on any atom is -0.393 e. The Morgan fingerprint density at radius 2 is 1.46 bits per heavy atom. The van der Waals surface area contributed by atoms with Crippen LogP contribution in [0.25, 0.3) is 0 Å². The summed E-state index contributed by atoms with van der Waals surface area (Å²) in [5.41, 5.74) is 0.210. The molecule has 4 saturated carbocycles. The first-order chi connectivity index (χ1) is 16.3. The number of aliphatic hydroxyl groups is 3. The van der Waals surface area contributed by atoms with E-state index in [1.54, 1.807) is 0 Å². The van der Waals surface area contributed by atoms with Crippen LogP contribution in [0.4, 0.5) is 0 Å². The first-order valence-electron chi connectivity index (χ1n) is 14.7. The second-order valence-corrected chi connectivity index (χ2v) is 14.7. The molecule has 5 heteroatoms. The second-order valence-electron chi connectivity index (χ2n) is 14.7. The highest BCUT2D eigenvalue weighted by Gasteiger charge is 2.64. The van der Waals surface area contributed by atoms with Crippen molar-refractivity contribution in [3.05, 3.63) is 0 Å². The largest absolute Gasteiger partial charge is 0.393 e. The van der Waals surface area contributed by atoms with Crippen LogP contribution in [0.5, 0.6) is 0 Å². The van der Waals surface area contributed by atoms with E-state index in [9.17, 15) is 15.3 Å². The molecule has 0 spiro atoms. The van der Waals surface area contributed by atoms with E-state index in [1.165, 1.54) is 6.42 Å². The van der Waals surface area contributed by atoms with Gasteiger partial charge < -0.3 is 24.8 Å². The molecule has 1 heterocycles. The van der Waals surface area contributed by atoms with Crippen molar-refractivity contribution in [2.45, 2.75) is 136 Å². The molecule has 5 fully saturated rings. The fourth-order valence-electron chi connectivity index (χ4n) is 10.5.